The summed E-state index contributed by atoms with van der Waals surface area (Å²) >= 11 is 0. The lowest BCUT2D eigenvalue weighted by Crippen LogP contribution is -2.48. The topological polar surface area (TPSA) is 82.6 Å². The molecular formula is C17H22N4O3S. The van der Waals surface area contributed by atoms with E-state index in [1.165, 1.54) is 4.31 Å². The number of nitrogens with zero attached hydrogens (tertiary/aromatic N) is 3. The molecule has 1 saturated heterocycles. The number of benzene rings is 1. The molecule has 0 bridgehead atoms. The predicted octanol–water partition coefficient (Wildman–Crippen LogP) is 1.14. The highest BCUT2D eigenvalue weighted by Crippen LogP contribution is 2.20. The first-order valence-corrected chi connectivity index (χ1v) is 9.86. The van der Waals surface area contributed by atoms with E-state index in [9.17, 15) is 13.2 Å². The number of pyridine rings is 1. The zero-order valence-electron chi connectivity index (χ0n) is 14.2. The second kappa shape index (κ2) is 7.47. The number of para-hydroxylation sites is 1. The lowest BCUT2D eigenvalue weighted by molar-refractivity contribution is -0.115. The van der Waals surface area contributed by atoms with E-state index < -0.39 is 10.0 Å². The molecule has 8 heteroatoms. The fraction of sp³-hybridized carbons (Fsp3) is 0.412. The average Bonchev–Trinajstić information content (AvgIpc) is 2.61. The van der Waals surface area contributed by atoms with Crippen LogP contribution in [0, 0.1) is 0 Å². The zero-order valence-corrected chi connectivity index (χ0v) is 15.0. The number of fused-ring (bicyclic) bond motifs is 1. The predicted molar refractivity (Wildman–Crippen MR) is 97.8 cm³/mol. The van der Waals surface area contributed by atoms with Gasteiger partial charge in [0.15, 0.2) is 0 Å². The number of carbonyl (C=O) groups excluding carboxylic acids is 1. The highest BCUT2D eigenvalue weighted by molar-refractivity contribution is 7.89. The van der Waals surface area contributed by atoms with Crippen molar-refractivity contribution < 1.29 is 13.2 Å². The molecule has 1 aromatic heterocycles. The van der Waals surface area contributed by atoms with Crippen LogP contribution >= 0.6 is 0 Å². The molecule has 1 fully saturated rings. The van der Waals surface area contributed by atoms with Crippen LogP contribution in [0.25, 0.3) is 10.9 Å². The average molecular weight is 362 g/mol. The van der Waals surface area contributed by atoms with Crippen LogP contribution in [-0.2, 0) is 14.8 Å². The molecule has 7 nitrogen and oxygen atoms in total. The van der Waals surface area contributed by atoms with Crippen LogP contribution in [0.3, 0.4) is 0 Å². The second-order valence-corrected chi connectivity index (χ2v) is 8.29. The Kier molecular flexibility index (Phi) is 5.31. The molecule has 1 aliphatic heterocycles. The third-order valence-electron chi connectivity index (χ3n) is 4.35. The minimum atomic E-state index is -3.41. The largest absolute Gasteiger partial charge is 0.324 e. The van der Waals surface area contributed by atoms with Crippen molar-refractivity contribution in [2.45, 2.75) is 6.42 Å². The van der Waals surface area contributed by atoms with Crippen molar-refractivity contribution in [3.05, 3.63) is 36.5 Å². The molecule has 0 atom stereocenters. The van der Waals surface area contributed by atoms with E-state index in [1.54, 1.807) is 12.3 Å². The summed E-state index contributed by atoms with van der Waals surface area (Å²) < 4.78 is 26.2. The zero-order chi connectivity index (χ0) is 17.9. The molecule has 1 aliphatic rings. The van der Waals surface area contributed by atoms with Crippen LogP contribution in [0.15, 0.2) is 36.5 Å². The summed E-state index contributed by atoms with van der Waals surface area (Å²) in [5.41, 5.74) is 1.29. The number of anilines is 1. The van der Waals surface area contributed by atoms with Crippen LogP contribution in [0.1, 0.15) is 6.42 Å². The molecule has 1 N–H and O–H groups in total. The molecule has 0 aliphatic carbocycles. The Bertz CT molecular complexity index is 856. The van der Waals surface area contributed by atoms with Gasteiger partial charge in [0.25, 0.3) is 0 Å². The van der Waals surface area contributed by atoms with Crippen LogP contribution in [0.4, 0.5) is 5.69 Å². The molecule has 25 heavy (non-hydrogen) atoms. The molecule has 0 spiro atoms. The van der Waals surface area contributed by atoms with Gasteiger partial charge in [-0.05, 0) is 19.2 Å². The van der Waals surface area contributed by atoms with Crippen molar-refractivity contribution >= 4 is 32.5 Å². The summed E-state index contributed by atoms with van der Waals surface area (Å²) in [5, 5.41) is 3.70. The van der Waals surface area contributed by atoms with Gasteiger partial charge in [0.2, 0.25) is 15.9 Å². The van der Waals surface area contributed by atoms with Gasteiger partial charge in [0, 0.05) is 44.2 Å². The van der Waals surface area contributed by atoms with Crippen LogP contribution in [0.5, 0.6) is 0 Å². The summed E-state index contributed by atoms with van der Waals surface area (Å²) in [5.74, 6) is -0.503. The number of amides is 1. The van der Waals surface area contributed by atoms with E-state index in [0.717, 1.165) is 5.39 Å². The molecule has 0 unspecified atom stereocenters. The van der Waals surface area contributed by atoms with Gasteiger partial charge < -0.3 is 10.2 Å². The van der Waals surface area contributed by atoms with E-state index in [-0.39, 0.29) is 18.1 Å². The van der Waals surface area contributed by atoms with Crippen LogP contribution < -0.4 is 5.32 Å². The highest BCUT2D eigenvalue weighted by atomic mass is 32.2. The van der Waals surface area contributed by atoms with Gasteiger partial charge in [-0.15, -0.1) is 0 Å². The minimum Gasteiger partial charge on any atom is -0.324 e. The fourth-order valence-corrected chi connectivity index (χ4v) is 4.26. The lowest BCUT2D eigenvalue weighted by Gasteiger charge is -2.31. The fourth-order valence-electron chi connectivity index (χ4n) is 2.83. The van der Waals surface area contributed by atoms with E-state index in [4.69, 9.17) is 0 Å². The van der Waals surface area contributed by atoms with Crippen molar-refractivity contribution in [3.8, 4) is 0 Å². The molecule has 134 valence electrons. The van der Waals surface area contributed by atoms with Gasteiger partial charge >= 0.3 is 0 Å². The van der Waals surface area contributed by atoms with E-state index in [1.807, 2.05) is 31.3 Å². The van der Waals surface area contributed by atoms with Crippen molar-refractivity contribution in [3.63, 3.8) is 0 Å². The maximum Gasteiger partial charge on any atom is 0.225 e. The summed E-state index contributed by atoms with van der Waals surface area (Å²) in [6, 6.07) is 9.25. The molecule has 0 saturated carbocycles. The first-order valence-electron chi connectivity index (χ1n) is 8.26. The van der Waals surface area contributed by atoms with E-state index in [2.05, 4.69) is 15.2 Å². The number of rotatable bonds is 5. The summed E-state index contributed by atoms with van der Waals surface area (Å²) in [6.45, 7) is 2.39. The Morgan fingerprint density at radius 1 is 1.16 bits per heavy atom. The van der Waals surface area contributed by atoms with E-state index >= 15 is 0 Å². The number of hydrogen-bond acceptors (Lipinski definition) is 5. The molecule has 2 heterocycles. The summed E-state index contributed by atoms with van der Waals surface area (Å²) in [6.07, 6.45) is 1.59. The van der Waals surface area contributed by atoms with Crippen LogP contribution in [0.2, 0.25) is 0 Å². The maximum absolute atomic E-state index is 12.4. The van der Waals surface area contributed by atoms with Gasteiger partial charge in [-0.25, -0.2) is 8.42 Å². The molecule has 0 radical (unpaired) electrons. The summed E-state index contributed by atoms with van der Waals surface area (Å²) in [4.78, 5) is 18.6. The third-order valence-corrected chi connectivity index (χ3v) is 6.22. The van der Waals surface area contributed by atoms with Crippen LogP contribution in [-0.4, -0.2) is 67.5 Å². The molecule has 1 amide bonds. The van der Waals surface area contributed by atoms with Crippen molar-refractivity contribution in [1.82, 2.24) is 14.2 Å². The van der Waals surface area contributed by atoms with Gasteiger partial charge in [0.05, 0.1) is 17.0 Å². The van der Waals surface area contributed by atoms with Crippen molar-refractivity contribution in [1.29, 1.82) is 0 Å². The monoisotopic (exact) mass is 362 g/mol. The highest BCUT2D eigenvalue weighted by Gasteiger charge is 2.26. The number of likely N-dealkylation sites (N-methyl/N-ethyl adjacent to an activating group) is 1. The van der Waals surface area contributed by atoms with Crippen molar-refractivity contribution in [2.24, 2.45) is 0 Å². The third kappa shape index (κ3) is 4.33. The first-order chi connectivity index (χ1) is 12.0. The number of nitrogens with one attached hydrogen (secondary N) is 1. The molecule has 3 rings (SSSR count). The molecule has 1 aromatic carbocycles. The van der Waals surface area contributed by atoms with Crippen molar-refractivity contribution in [2.75, 3.05) is 44.3 Å². The lowest BCUT2D eigenvalue weighted by atomic mass is 10.2. The van der Waals surface area contributed by atoms with Gasteiger partial charge in [0.1, 0.15) is 0 Å². The van der Waals surface area contributed by atoms with Gasteiger partial charge in [-0.1, -0.05) is 18.2 Å². The standard InChI is InChI=1S/C17H22N4O3S/c1-20-9-11-21(12-10-20)25(23,24)13-7-16(22)19-15-6-2-4-14-5-3-8-18-17(14)15/h2-6,8H,7,9-13H2,1H3,(H,19,22). The Labute approximate surface area is 147 Å². The number of sulfonamides is 1. The summed E-state index contributed by atoms with van der Waals surface area (Å²) in [7, 11) is -1.44. The quantitative estimate of drug-likeness (QED) is 0.862. The number of hydrogen-bond donors (Lipinski definition) is 1. The minimum absolute atomic E-state index is 0.0715. The van der Waals surface area contributed by atoms with Gasteiger partial charge in [-0.3, -0.25) is 9.78 Å². The SMILES string of the molecule is CN1CCN(S(=O)(=O)CCC(=O)Nc2cccc3cccnc23)CC1. The maximum atomic E-state index is 12.4. The molecular weight excluding hydrogens is 340 g/mol. The Morgan fingerprint density at radius 3 is 2.64 bits per heavy atom. The van der Waals surface area contributed by atoms with E-state index in [0.29, 0.717) is 37.4 Å². The number of carbonyl (C=O) groups is 1. The smallest absolute Gasteiger partial charge is 0.225 e. The normalized spacial score (nSPS) is 16.8. The number of aromatic nitrogens is 1. The Morgan fingerprint density at radius 2 is 1.88 bits per heavy atom. The molecule has 2 aromatic rings. The first kappa shape index (κ1) is 17.8. The Balaban J connectivity index is 1.61. The van der Waals surface area contributed by atoms with Gasteiger partial charge in [-0.2, -0.15) is 4.31 Å². The second-order valence-electron chi connectivity index (χ2n) is 6.20. The number of piperazine rings is 1. The Hall–Kier alpha value is -2.03.